The quantitative estimate of drug-likeness (QED) is 0.807. The fraction of sp³-hybridized carbons (Fsp3) is 0.625. The maximum absolute atomic E-state index is 12.5. The van der Waals surface area contributed by atoms with E-state index in [0.717, 1.165) is 17.7 Å². The molecule has 1 aromatic carbocycles. The molecule has 24 heavy (non-hydrogen) atoms. The molecular weight excluding hydrogens is 334 g/mol. The zero-order valence-corrected chi connectivity index (χ0v) is 13.2. The molecule has 2 rings (SSSR count). The third-order valence-corrected chi connectivity index (χ3v) is 4.21. The van der Waals surface area contributed by atoms with Gasteiger partial charge in [0.2, 0.25) is 0 Å². The first-order chi connectivity index (χ1) is 11.0. The molecule has 1 unspecified atom stereocenters. The second-order valence-electron chi connectivity index (χ2n) is 6.17. The molecular formula is C16H20F6N2. The third-order valence-electron chi connectivity index (χ3n) is 4.21. The van der Waals surface area contributed by atoms with Gasteiger partial charge in [-0.1, -0.05) is 12.1 Å². The molecule has 0 bridgehead atoms. The van der Waals surface area contributed by atoms with Crippen molar-refractivity contribution in [2.24, 2.45) is 0 Å². The Kier molecular flexibility index (Phi) is 5.80. The van der Waals surface area contributed by atoms with Gasteiger partial charge in [-0.2, -0.15) is 26.3 Å². The first-order valence-electron chi connectivity index (χ1n) is 7.77. The SMILES string of the molecule is CC(NC1CCN(CC(F)(F)F)CC1)c1ccc(C(F)(F)F)cc1. The van der Waals surface area contributed by atoms with Gasteiger partial charge in [0.05, 0.1) is 12.1 Å². The van der Waals surface area contributed by atoms with E-state index in [1.54, 1.807) is 0 Å². The van der Waals surface area contributed by atoms with Crippen LogP contribution in [-0.4, -0.2) is 36.8 Å². The van der Waals surface area contributed by atoms with Crippen molar-refractivity contribution in [2.75, 3.05) is 19.6 Å². The van der Waals surface area contributed by atoms with Gasteiger partial charge in [0, 0.05) is 12.1 Å². The lowest BCUT2D eigenvalue weighted by atomic mass is 10.0. The van der Waals surface area contributed by atoms with Crippen LogP contribution in [-0.2, 0) is 6.18 Å². The first kappa shape index (κ1) is 19.1. The van der Waals surface area contributed by atoms with E-state index in [-0.39, 0.29) is 12.1 Å². The summed E-state index contributed by atoms with van der Waals surface area (Å²) in [5, 5.41) is 3.29. The first-order valence-corrected chi connectivity index (χ1v) is 7.77. The van der Waals surface area contributed by atoms with Crippen LogP contribution >= 0.6 is 0 Å². The van der Waals surface area contributed by atoms with E-state index in [1.165, 1.54) is 17.0 Å². The summed E-state index contributed by atoms with van der Waals surface area (Å²) in [5.74, 6) is 0. The number of alkyl halides is 6. The number of hydrogen-bond donors (Lipinski definition) is 1. The molecule has 136 valence electrons. The molecule has 1 fully saturated rings. The number of nitrogens with one attached hydrogen (secondary N) is 1. The van der Waals surface area contributed by atoms with Crippen molar-refractivity contribution in [1.82, 2.24) is 10.2 Å². The predicted octanol–water partition coefficient (Wildman–Crippen LogP) is 4.38. The molecule has 1 heterocycles. The van der Waals surface area contributed by atoms with E-state index < -0.39 is 24.5 Å². The van der Waals surface area contributed by atoms with Crippen LogP contribution in [0, 0.1) is 0 Å². The van der Waals surface area contributed by atoms with Crippen LogP contribution in [0.15, 0.2) is 24.3 Å². The van der Waals surface area contributed by atoms with Crippen molar-refractivity contribution in [3.63, 3.8) is 0 Å². The molecule has 2 nitrogen and oxygen atoms in total. The molecule has 1 aromatic rings. The number of piperidine rings is 1. The Hall–Kier alpha value is -1.28. The number of nitrogens with zero attached hydrogens (tertiary/aromatic N) is 1. The molecule has 0 aromatic heterocycles. The molecule has 0 saturated carbocycles. The molecule has 0 amide bonds. The zero-order chi connectivity index (χ0) is 18.0. The van der Waals surface area contributed by atoms with E-state index in [1.807, 2.05) is 6.92 Å². The molecule has 1 aliphatic heterocycles. The van der Waals surface area contributed by atoms with Crippen molar-refractivity contribution in [1.29, 1.82) is 0 Å². The lowest BCUT2D eigenvalue weighted by molar-refractivity contribution is -0.148. The maximum Gasteiger partial charge on any atom is 0.416 e. The summed E-state index contributed by atoms with van der Waals surface area (Å²) in [6.07, 6.45) is -7.38. The highest BCUT2D eigenvalue weighted by molar-refractivity contribution is 5.26. The lowest BCUT2D eigenvalue weighted by Crippen LogP contribution is -2.46. The van der Waals surface area contributed by atoms with Gasteiger partial charge in [0.25, 0.3) is 0 Å². The second-order valence-corrected chi connectivity index (χ2v) is 6.17. The van der Waals surface area contributed by atoms with Crippen molar-refractivity contribution >= 4 is 0 Å². The standard InChI is InChI=1S/C16H20F6N2/c1-11(12-2-4-13(5-3-12)16(20,21)22)23-14-6-8-24(9-7-14)10-15(17,18)19/h2-5,11,14,23H,6-10H2,1H3. The summed E-state index contributed by atoms with van der Waals surface area (Å²) >= 11 is 0. The van der Waals surface area contributed by atoms with Crippen molar-refractivity contribution < 1.29 is 26.3 Å². The predicted molar refractivity (Wildman–Crippen MR) is 78.5 cm³/mol. The molecule has 1 atom stereocenters. The van der Waals surface area contributed by atoms with E-state index in [9.17, 15) is 26.3 Å². The van der Waals surface area contributed by atoms with E-state index in [4.69, 9.17) is 0 Å². The minimum atomic E-state index is -4.36. The Morgan fingerprint density at radius 2 is 1.58 bits per heavy atom. The summed E-state index contributed by atoms with van der Waals surface area (Å²) in [7, 11) is 0. The summed E-state index contributed by atoms with van der Waals surface area (Å²) in [6, 6.07) is 4.84. The topological polar surface area (TPSA) is 15.3 Å². The average molecular weight is 354 g/mol. The Bertz CT molecular complexity index is 515. The maximum atomic E-state index is 12.5. The number of rotatable bonds is 4. The molecule has 1 aliphatic rings. The van der Waals surface area contributed by atoms with Crippen LogP contribution in [0.3, 0.4) is 0 Å². The van der Waals surface area contributed by atoms with Crippen molar-refractivity contribution in [3.05, 3.63) is 35.4 Å². The van der Waals surface area contributed by atoms with Crippen LogP contribution in [0.25, 0.3) is 0 Å². The van der Waals surface area contributed by atoms with Crippen LogP contribution < -0.4 is 5.32 Å². The van der Waals surface area contributed by atoms with Crippen molar-refractivity contribution in [3.8, 4) is 0 Å². The van der Waals surface area contributed by atoms with Gasteiger partial charge < -0.3 is 5.32 Å². The lowest BCUT2D eigenvalue weighted by Gasteiger charge is -2.34. The number of benzene rings is 1. The van der Waals surface area contributed by atoms with Gasteiger partial charge in [0.1, 0.15) is 0 Å². The Balaban J connectivity index is 1.84. The van der Waals surface area contributed by atoms with E-state index in [0.29, 0.717) is 25.9 Å². The summed E-state index contributed by atoms with van der Waals surface area (Å²) < 4.78 is 74.7. The van der Waals surface area contributed by atoms with E-state index >= 15 is 0 Å². The fourth-order valence-corrected chi connectivity index (χ4v) is 2.92. The molecule has 1 N–H and O–H groups in total. The van der Waals surface area contributed by atoms with Gasteiger partial charge in [-0.05, 0) is 50.6 Å². The number of hydrogen-bond acceptors (Lipinski definition) is 2. The van der Waals surface area contributed by atoms with Crippen molar-refractivity contribution in [2.45, 2.75) is 44.2 Å². The van der Waals surface area contributed by atoms with Gasteiger partial charge in [0.15, 0.2) is 0 Å². The monoisotopic (exact) mass is 354 g/mol. The average Bonchev–Trinajstić information content (AvgIpc) is 2.47. The number of likely N-dealkylation sites (tertiary alicyclic amines) is 1. The highest BCUT2D eigenvalue weighted by Gasteiger charge is 2.33. The van der Waals surface area contributed by atoms with E-state index in [2.05, 4.69) is 5.32 Å². The highest BCUT2D eigenvalue weighted by Crippen LogP contribution is 2.30. The minimum Gasteiger partial charge on any atom is -0.307 e. The molecule has 0 spiro atoms. The highest BCUT2D eigenvalue weighted by atomic mass is 19.4. The van der Waals surface area contributed by atoms with Crippen LogP contribution in [0.1, 0.15) is 36.9 Å². The summed E-state index contributed by atoms with van der Waals surface area (Å²) in [6.45, 7) is 1.66. The van der Waals surface area contributed by atoms with Crippen LogP contribution in [0.4, 0.5) is 26.3 Å². The minimum absolute atomic E-state index is 0.0618. The molecule has 0 aliphatic carbocycles. The smallest absolute Gasteiger partial charge is 0.307 e. The Labute approximate surface area is 136 Å². The normalized spacial score (nSPS) is 19.5. The third kappa shape index (κ3) is 5.66. The fourth-order valence-electron chi connectivity index (χ4n) is 2.92. The molecule has 8 heteroatoms. The second kappa shape index (κ2) is 7.31. The largest absolute Gasteiger partial charge is 0.416 e. The Morgan fingerprint density at radius 3 is 2.04 bits per heavy atom. The van der Waals surface area contributed by atoms with Gasteiger partial charge in [-0.25, -0.2) is 0 Å². The van der Waals surface area contributed by atoms with Gasteiger partial charge in [-0.15, -0.1) is 0 Å². The summed E-state index contributed by atoms with van der Waals surface area (Å²) in [5.41, 5.74) is 0.0274. The van der Waals surface area contributed by atoms with Gasteiger partial charge >= 0.3 is 12.4 Å². The van der Waals surface area contributed by atoms with Gasteiger partial charge in [-0.3, -0.25) is 4.90 Å². The van der Waals surface area contributed by atoms with Crippen LogP contribution in [0.5, 0.6) is 0 Å². The molecule has 1 saturated heterocycles. The zero-order valence-electron chi connectivity index (χ0n) is 13.2. The number of halogens is 6. The Morgan fingerprint density at radius 1 is 1.04 bits per heavy atom. The van der Waals surface area contributed by atoms with Crippen LogP contribution in [0.2, 0.25) is 0 Å². The summed E-state index contributed by atoms with van der Waals surface area (Å²) in [4.78, 5) is 1.38. The molecule has 0 radical (unpaired) electrons.